The fourth-order valence-corrected chi connectivity index (χ4v) is 9.27. The van der Waals surface area contributed by atoms with E-state index in [1.165, 1.54) is 25.1 Å². The van der Waals surface area contributed by atoms with E-state index >= 15 is 0 Å². The zero-order valence-corrected chi connectivity index (χ0v) is 38.4. The Morgan fingerprint density at radius 2 is 1.60 bits per heavy atom. The standard InChI is InChI=1S/C47H58N10O11/c1-29-34-27-50-47(53-42(34)56(31-6-3-4-7-31)45(63)40(29)30(2)58)51-37-12-10-32(26-49-37)55-17-15-54(16-18-55)19-21-66-23-25-67-24-22-65-20-14-48-39(60)28-68-36-9-5-8-33-41(36)46(64)57(44(33)62)35-11-13-38(59)52-43(35)61/h5,8-10,12,26-27,31,35,47,53H,3-4,6-7,11,13-25,28H2,1-2H3,(H,48,60)(H,49,51)(H,52,59,61). The Morgan fingerprint density at radius 1 is 0.868 bits per heavy atom. The SMILES string of the molecule is CC(=O)c1c(C)c2c(n(C3CCCC3)c1=O)NC(Nc1ccc(N3CCN(CCOCCOCCOCCNC(=O)COc4cccc5c4C(=O)N(C4CCC(=O)NC4=O)C5=O)CC3)cn1)N=C2. The number of pyridine rings is 2. The van der Waals surface area contributed by atoms with Crippen LogP contribution in [0.2, 0.25) is 0 Å². The van der Waals surface area contributed by atoms with Gasteiger partial charge in [0, 0.05) is 63.5 Å². The number of ketones is 1. The molecule has 0 bridgehead atoms. The number of hydrogen-bond donors (Lipinski definition) is 4. The largest absolute Gasteiger partial charge is 0.483 e. The van der Waals surface area contributed by atoms with Crippen molar-refractivity contribution in [1.82, 2.24) is 30.0 Å². The van der Waals surface area contributed by atoms with Crippen LogP contribution in [0.15, 0.2) is 46.3 Å². The summed E-state index contributed by atoms with van der Waals surface area (Å²) in [5, 5.41) is 11.6. The molecule has 362 valence electrons. The normalized spacial score (nSPS) is 19.4. The Bertz CT molecular complexity index is 2480. The van der Waals surface area contributed by atoms with Crippen molar-refractivity contribution in [2.75, 3.05) is 101 Å². The van der Waals surface area contributed by atoms with Crippen molar-refractivity contribution in [3.05, 3.63) is 74.7 Å². The molecule has 8 rings (SSSR count). The van der Waals surface area contributed by atoms with E-state index in [1.54, 1.807) is 10.8 Å². The third-order valence-corrected chi connectivity index (χ3v) is 12.8. The number of nitrogens with zero attached hydrogens (tertiary/aromatic N) is 6. The van der Waals surface area contributed by atoms with E-state index < -0.39 is 48.5 Å². The molecule has 5 amide bonds. The zero-order chi connectivity index (χ0) is 47.7. The fraction of sp³-hybridized carbons (Fsp3) is 0.511. The number of benzene rings is 1. The predicted octanol–water partition coefficient (Wildman–Crippen LogP) is 1.88. The quantitative estimate of drug-likeness (QED) is 0.0677. The minimum absolute atomic E-state index is 0.00808. The number of piperidine rings is 1. The third kappa shape index (κ3) is 10.9. The number of carbonyl (C=O) groups excluding carboxylic acids is 6. The van der Waals surface area contributed by atoms with E-state index in [2.05, 4.69) is 41.0 Å². The summed E-state index contributed by atoms with van der Waals surface area (Å²) >= 11 is 0. The number of hydrogen-bond acceptors (Lipinski definition) is 17. The molecule has 6 heterocycles. The molecule has 2 saturated heterocycles. The average Bonchev–Trinajstić information content (AvgIpc) is 3.95. The number of piperazine rings is 1. The van der Waals surface area contributed by atoms with Gasteiger partial charge in [-0.25, -0.2) is 9.98 Å². The number of imide groups is 2. The summed E-state index contributed by atoms with van der Waals surface area (Å²) in [5.41, 5.74) is 2.48. The average molecular weight is 939 g/mol. The molecule has 0 spiro atoms. The fourth-order valence-electron chi connectivity index (χ4n) is 9.27. The molecular weight excluding hydrogens is 881 g/mol. The highest BCUT2D eigenvalue weighted by Gasteiger charge is 2.46. The van der Waals surface area contributed by atoms with Crippen LogP contribution in [0, 0.1) is 6.92 Å². The van der Waals surface area contributed by atoms with E-state index in [4.69, 9.17) is 18.9 Å². The van der Waals surface area contributed by atoms with Crippen molar-refractivity contribution in [2.24, 2.45) is 4.99 Å². The summed E-state index contributed by atoms with van der Waals surface area (Å²) in [6.07, 6.45) is 7.02. The molecule has 2 unspecified atom stereocenters. The Labute approximate surface area is 392 Å². The monoisotopic (exact) mass is 938 g/mol. The van der Waals surface area contributed by atoms with E-state index in [0.717, 1.165) is 74.6 Å². The Morgan fingerprint density at radius 3 is 2.31 bits per heavy atom. The lowest BCUT2D eigenvalue weighted by atomic mass is 10.0. The first-order valence-electron chi connectivity index (χ1n) is 23.3. The van der Waals surface area contributed by atoms with Crippen LogP contribution in [-0.2, 0) is 28.6 Å². The van der Waals surface area contributed by atoms with E-state index in [1.807, 2.05) is 25.3 Å². The maximum absolute atomic E-state index is 13.6. The zero-order valence-electron chi connectivity index (χ0n) is 38.4. The molecule has 1 saturated carbocycles. The highest BCUT2D eigenvalue weighted by Crippen LogP contribution is 2.35. The van der Waals surface area contributed by atoms with Crippen LogP contribution in [0.5, 0.6) is 5.75 Å². The van der Waals surface area contributed by atoms with Gasteiger partial charge < -0.3 is 39.8 Å². The van der Waals surface area contributed by atoms with Crippen molar-refractivity contribution in [3.63, 3.8) is 0 Å². The number of amides is 5. The third-order valence-electron chi connectivity index (χ3n) is 12.8. The van der Waals surface area contributed by atoms with Gasteiger partial charge in [-0.1, -0.05) is 18.9 Å². The first-order chi connectivity index (χ1) is 33.0. The van der Waals surface area contributed by atoms with Crippen LogP contribution in [0.3, 0.4) is 0 Å². The highest BCUT2D eigenvalue weighted by molar-refractivity contribution is 6.24. The van der Waals surface area contributed by atoms with Crippen LogP contribution in [0.1, 0.15) is 93.7 Å². The van der Waals surface area contributed by atoms with E-state index in [9.17, 15) is 33.6 Å². The maximum atomic E-state index is 13.6. The Balaban J connectivity index is 0.654. The van der Waals surface area contributed by atoms with Gasteiger partial charge in [-0.3, -0.25) is 53.2 Å². The molecule has 0 radical (unpaired) electrons. The molecule has 1 aliphatic carbocycles. The topological polar surface area (TPSA) is 244 Å². The molecule has 3 aromatic rings. The lowest BCUT2D eigenvalue weighted by Gasteiger charge is -2.36. The minimum atomic E-state index is -1.10. The summed E-state index contributed by atoms with van der Waals surface area (Å²) < 4.78 is 24.3. The van der Waals surface area contributed by atoms with E-state index in [-0.39, 0.29) is 65.8 Å². The predicted molar refractivity (Wildman–Crippen MR) is 249 cm³/mol. The maximum Gasteiger partial charge on any atom is 0.266 e. The number of aliphatic imine (C=N–C) groups is 1. The van der Waals surface area contributed by atoms with Gasteiger partial charge in [-0.2, -0.15) is 0 Å². The number of aromatic nitrogens is 2. The number of carbonyl (C=O) groups is 6. The number of nitrogens with one attached hydrogen (secondary N) is 4. The molecule has 2 aromatic heterocycles. The molecule has 4 aliphatic heterocycles. The Kier molecular flexibility index (Phi) is 15.5. The van der Waals surface area contributed by atoms with Crippen LogP contribution in [0.25, 0.3) is 0 Å². The summed E-state index contributed by atoms with van der Waals surface area (Å²) in [5.74, 6) is -1.85. The van der Waals surface area contributed by atoms with Crippen molar-refractivity contribution >= 4 is 58.9 Å². The highest BCUT2D eigenvalue weighted by atomic mass is 16.5. The van der Waals surface area contributed by atoms with Gasteiger partial charge in [-0.05, 0) is 62.9 Å². The van der Waals surface area contributed by atoms with Gasteiger partial charge in [0.15, 0.2) is 18.7 Å². The van der Waals surface area contributed by atoms with Gasteiger partial charge in [0.05, 0.1) is 68.2 Å². The molecule has 5 aliphatic rings. The summed E-state index contributed by atoms with van der Waals surface area (Å²) in [6.45, 7) is 9.78. The second kappa shape index (κ2) is 22.0. The van der Waals surface area contributed by atoms with Crippen LogP contribution in [0.4, 0.5) is 17.3 Å². The number of ether oxygens (including phenoxy) is 4. The van der Waals surface area contributed by atoms with Crippen molar-refractivity contribution in [2.45, 2.75) is 70.7 Å². The molecule has 2 atom stereocenters. The smallest absolute Gasteiger partial charge is 0.266 e. The molecule has 68 heavy (non-hydrogen) atoms. The van der Waals surface area contributed by atoms with Crippen LogP contribution in [-0.4, -0.2) is 159 Å². The summed E-state index contributed by atoms with van der Waals surface area (Å²) in [7, 11) is 0. The lowest BCUT2D eigenvalue weighted by Crippen LogP contribution is -2.54. The number of rotatable bonds is 21. The molecule has 1 aromatic carbocycles. The number of Topliss-reactive ketones (excluding diaryl/α,β-unsaturated/α-hetero) is 1. The summed E-state index contributed by atoms with van der Waals surface area (Å²) in [6, 6.07) is 7.36. The van der Waals surface area contributed by atoms with Gasteiger partial charge in [0.25, 0.3) is 23.3 Å². The van der Waals surface area contributed by atoms with Gasteiger partial charge >= 0.3 is 0 Å². The van der Waals surface area contributed by atoms with Crippen LogP contribution >= 0.6 is 0 Å². The molecular formula is C47H58N10O11. The number of fused-ring (bicyclic) bond motifs is 2. The lowest BCUT2D eigenvalue weighted by molar-refractivity contribution is -0.136. The van der Waals surface area contributed by atoms with Crippen molar-refractivity contribution in [3.8, 4) is 5.75 Å². The molecule has 4 N–H and O–H groups in total. The van der Waals surface area contributed by atoms with Gasteiger partial charge in [0.2, 0.25) is 11.8 Å². The minimum Gasteiger partial charge on any atom is -0.483 e. The molecule has 3 fully saturated rings. The summed E-state index contributed by atoms with van der Waals surface area (Å²) in [4.78, 5) is 103. The Hall–Kier alpha value is -6.55. The van der Waals surface area contributed by atoms with Gasteiger partial charge in [0.1, 0.15) is 23.4 Å². The van der Waals surface area contributed by atoms with Crippen molar-refractivity contribution in [1.29, 1.82) is 0 Å². The van der Waals surface area contributed by atoms with E-state index in [0.29, 0.717) is 50.2 Å². The van der Waals surface area contributed by atoms with Gasteiger partial charge in [-0.15, -0.1) is 0 Å². The molecule has 21 nitrogen and oxygen atoms in total. The van der Waals surface area contributed by atoms with Crippen LogP contribution < -0.4 is 36.5 Å². The number of anilines is 3. The molecule has 21 heteroatoms. The second-order valence-corrected chi connectivity index (χ2v) is 17.2. The second-order valence-electron chi connectivity index (χ2n) is 17.2. The first-order valence-corrected chi connectivity index (χ1v) is 23.3. The first kappa shape index (κ1) is 47.9. The van der Waals surface area contributed by atoms with Crippen molar-refractivity contribution < 1.29 is 47.7 Å².